The summed E-state index contributed by atoms with van der Waals surface area (Å²) in [6.07, 6.45) is 1.99. The van der Waals surface area contributed by atoms with Gasteiger partial charge in [0.25, 0.3) is 0 Å². The molecule has 2 aliphatic rings. The number of allylic oxidation sites excluding steroid dienone is 3. The van der Waals surface area contributed by atoms with Gasteiger partial charge in [-0.2, -0.15) is 0 Å². The number of esters is 1. The Labute approximate surface area is 200 Å². The smallest absolute Gasteiger partial charge is 0.337 e. The Balaban J connectivity index is 1.69. The molecule has 0 fully saturated rings. The Morgan fingerprint density at radius 2 is 1.94 bits per heavy atom. The van der Waals surface area contributed by atoms with Crippen LogP contribution < -0.4 is 10.7 Å². The Morgan fingerprint density at radius 3 is 2.68 bits per heavy atom. The maximum absolute atomic E-state index is 13.6. The number of para-hydroxylation sites is 1. The molecule has 1 aromatic carbocycles. The van der Waals surface area contributed by atoms with Crippen LogP contribution in [0.15, 0.2) is 79.8 Å². The third-order valence-corrected chi connectivity index (χ3v) is 7.39. The van der Waals surface area contributed by atoms with E-state index >= 15 is 0 Å². The van der Waals surface area contributed by atoms with Crippen molar-refractivity contribution in [2.45, 2.75) is 51.6 Å². The van der Waals surface area contributed by atoms with Crippen LogP contribution in [-0.4, -0.2) is 17.9 Å². The van der Waals surface area contributed by atoms with Gasteiger partial charge in [-0.25, -0.2) is 4.79 Å². The van der Waals surface area contributed by atoms with Crippen LogP contribution in [0, 0.1) is 0 Å². The summed E-state index contributed by atoms with van der Waals surface area (Å²) >= 11 is 1.63. The lowest BCUT2D eigenvalue weighted by atomic mass is 9.73. The van der Waals surface area contributed by atoms with Crippen LogP contribution in [0.3, 0.4) is 0 Å². The van der Waals surface area contributed by atoms with E-state index in [1.807, 2.05) is 17.5 Å². The van der Waals surface area contributed by atoms with Crippen molar-refractivity contribution in [3.05, 3.63) is 91.2 Å². The van der Waals surface area contributed by atoms with E-state index in [2.05, 4.69) is 5.32 Å². The zero-order valence-electron chi connectivity index (χ0n) is 19.2. The number of Topliss-reactive ketones (excluding diaryl/α,β-unsaturated/α-hetero) is 1. The summed E-state index contributed by atoms with van der Waals surface area (Å²) in [5.74, 6) is -1.41. The highest BCUT2D eigenvalue weighted by molar-refractivity contribution is 7.10. The number of ketones is 1. The Bertz CT molecular complexity index is 1410. The largest absolute Gasteiger partial charge is 0.464 e. The predicted molar refractivity (Wildman–Crippen MR) is 131 cm³/mol. The van der Waals surface area contributed by atoms with Crippen molar-refractivity contribution in [3.8, 4) is 0 Å². The molecule has 0 unspecified atom stereocenters. The number of carbonyl (C=O) groups excluding carboxylic acids is 2. The molecule has 174 valence electrons. The molecule has 0 radical (unpaired) electrons. The van der Waals surface area contributed by atoms with Crippen molar-refractivity contribution < 1.29 is 18.7 Å². The lowest BCUT2D eigenvalue weighted by Gasteiger charge is -2.36. The molecule has 7 heteroatoms. The molecule has 6 nitrogen and oxygen atoms in total. The van der Waals surface area contributed by atoms with Crippen LogP contribution >= 0.6 is 11.3 Å². The number of hydrogen-bond donors (Lipinski definition) is 1. The maximum Gasteiger partial charge on any atom is 0.337 e. The first-order valence-corrected chi connectivity index (χ1v) is 12.2. The topological polar surface area (TPSA) is 85.6 Å². The second-order valence-corrected chi connectivity index (χ2v) is 9.98. The van der Waals surface area contributed by atoms with Crippen molar-refractivity contribution in [2.75, 3.05) is 0 Å². The molecule has 3 aromatic rings. The summed E-state index contributed by atoms with van der Waals surface area (Å²) in [5, 5.41) is 5.73. The number of dihydropyridines is 1. The first-order valence-electron chi connectivity index (χ1n) is 11.3. The van der Waals surface area contributed by atoms with E-state index in [0.717, 1.165) is 10.6 Å². The highest BCUT2D eigenvalue weighted by Crippen LogP contribution is 2.46. The fourth-order valence-corrected chi connectivity index (χ4v) is 5.75. The van der Waals surface area contributed by atoms with Crippen molar-refractivity contribution in [2.24, 2.45) is 0 Å². The summed E-state index contributed by atoms with van der Waals surface area (Å²) in [6.45, 7) is 5.33. The summed E-state index contributed by atoms with van der Waals surface area (Å²) in [5.41, 5.74) is 2.54. The molecule has 0 saturated carbocycles. The number of hydrogen-bond acceptors (Lipinski definition) is 7. The molecule has 3 heterocycles. The number of benzene rings is 1. The molecular formula is C27H25NO5S. The number of thiophene rings is 1. The van der Waals surface area contributed by atoms with Gasteiger partial charge in [-0.3, -0.25) is 9.59 Å². The van der Waals surface area contributed by atoms with E-state index in [4.69, 9.17) is 9.15 Å². The minimum Gasteiger partial charge on any atom is -0.464 e. The minimum atomic E-state index is -0.847. The zero-order chi connectivity index (χ0) is 24.0. The van der Waals surface area contributed by atoms with Gasteiger partial charge < -0.3 is 14.5 Å². The monoisotopic (exact) mass is 475 g/mol. The third kappa shape index (κ3) is 3.80. The van der Waals surface area contributed by atoms with Crippen molar-refractivity contribution in [3.63, 3.8) is 0 Å². The number of ether oxygens (including phenoxy) is 1. The minimum absolute atomic E-state index is 0.0596. The average Bonchev–Trinajstić information content (AvgIpc) is 3.33. The van der Waals surface area contributed by atoms with E-state index in [1.54, 1.807) is 56.4 Å². The number of nitrogens with one attached hydrogen (secondary N) is 1. The van der Waals surface area contributed by atoms with E-state index in [-0.39, 0.29) is 34.4 Å². The third-order valence-electron chi connectivity index (χ3n) is 6.35. The van der Waals surface area contributed by atoms with E-state index in [1.165, 1.54) is 6.26 Å². The Morgan fingerprint density at radius 1 is 1.15 bits per heavy atom. The van der Waals surface area contributed by atoms with Gasteiger partial charge in [-0.05, 0) is 50.8 Å². The highest BCUT2D eigenvalue weighted by atomic mass is 32.1. The van der Waals surface area contributed by atoms with Gasteiger partial charge in [0, 0.05) is 39.7 Å². The van der Waals surface area contributed by atoms with Crippen molar-refractivity contribution >= 4 is 34.1 Å². The molecule has 2 atom stereocenters. The molecule has 34 heavy (non-hydrogen) atoms. The zero-order valence-corrected chi connectivity index (χ0v) is 20.0. The summed E-state index contributed by atoms with van der Waals surface area (Å²) in [7, 11) is 0. The SMILES string of the molecule is CC1=C(C(=O)OC(C)C)[C@@H](c2coc3ccccc3c2=O)C2=C(C[C@@H](c3cccs3)CC2=O)N1. The standard InChI is InChI=1S/C27H25NO5S/c1-14(2)33-27(31)23-15(3)28-19-11-16(22-9-6-10-34-22)12-20(29)25(19)24(23)18-13-32-21-8-5-4-7-17(21)26(18)30/h4-10,13-14,16,24,28H,11-12H2,1-3H3/t16-,24-/m1/s1. The van der Waals surface area contributed by atoms with Gasteiger partial charge in [0.05, 0.1) is 29.2 Å². The van der Waals surface area contributed by atoms with Crippen LogP contribution in [0.1, 0.15) is 55.9 Å². The van der Waals surface area contributed by atoms with Crippen LogP contribution in [-0.2, 0) is 14.3 Å². The molecule has 1 aliphatic heterocycles. The second-order valence-electron chi connectivity index (χ2n) is 9.00. The van der Waals surface area contributed by atoms with Crippen LogP contribution in [0.2, 0.25) is 0 Å². The Kier molecular flexibility index (Phi) is 5.73. The summed E-state index contributed by atoms with van der Waals surface area (Å²) in [4.78, 5) is 41.5. The normalized spacial score (nSPS) is 20.5. The van der Waals surface area contributed by atoms with Gasteiger partial charge >= 0.3 is 5.97 Å². The van der Waals surface area contributed by atoms with Gasteiger partial charge in [0.1, 0.15) is 5.58 Å². The summed E-state index contributed by atoms with van der Waals surface area (Å²) in [6, 6.07) is 11.0. The molecule has 0 saturated heterocycles. The Hall–Kier alpha value is -3.45. The quantitative estimate of drug-likeness (QED) is 0.524. The van der Waals surface area contributed by atoms with E-state index in [0.29, 0.717) is 35.1 Å². The fraction of sp³-hybridized carbons (Fsp3) is 0.296. The van der Waals surface area contributed by atoms with E-state index < -0.39 is 11.9 Å². The molecule has 1 aliphatic carbocycles. The molecular weight excluding hydrogens is 450 g/mol. The lowest BCUT2D eigenvalue weighted by molar-refractivity contribution is -0.143. The molecule has 2 aromatic heterocycles. The van der Waals surface area contributed by atoms with Gasteiger partial charge in [-0.1, -0.05) is 18.2 Å². The molecule has 1 N–H and O–H groups in total. The first-order chi connectivity index (χ1) is 16.3. The molecule has 0 bridgehead atoms. The number of carbonyl (C=O) groups is 2. The lowest BCUT2D eigenvalue weighted by Crippen LogP contribution is -2.37. The molecule has 5 rings (SSSR count). The van der Waals surface area contributed by atoms with Crippen molar-refractivity contribution in [1.82, 2.24) is 5.32 Å². The fourth-order valence-electron chi connectivity index (χ4n) is 4.92. The highest BCUT2D eigenvalue weighted by Gasteiger charge is 2.43. The molecule has 0 amide bonds. The average molecular weight is 476 g/mol. The summed E-state index contributed by atoms with van der Waals surface area (Å²) < 4.78 is 11.3. The number of rotatable bonds is 4. The van der Waals surface area contributed by atoms with Gasteiger partial charge in [-0.15, -0.1) is 11.3 Å². The van der Waals surface area contributed by atoms with Gasteiger partial charge in [0.15, 0.2) is 11.2 Å². The van der Waals surface area contributed by atoms with Gasteiger partial charge in [0.2, 0.25) is 0 Å². The van der Waals surface area contributed by atoms with Crippen LogP contribution in [0.5, 0.6) is 0 Å². The number of fused-ring (bicyclic) bond motifs is 1. The van der Waals surface area contributed by atoms with Crippen LogP contribution in [0.4, 0.5) is 0 Å². The van der Waals surface area contributed by atoms with E-state index in [9.17, 15) is 14.4 Å². The first kappa shape index (κ1) is 22.3. The van der Waals surface area contributed by atoms with Crippen LogP contribution in [0.25, 0.3) is 11.0 Å². The maximum atomic E-state index is 13.6. The molecule has 0 spiro atoms. The predicted octanol–water partition coefficient (Wildman–Crippen LogP) is 5.17. The van der Waals surface area contributed by atoms with Crippen molar-refractivity contribution in [1.29, 1.82) is 0 Å². The second kappa shape index (κ2) is 8.72.